The summed E-state index contributed by atoms with van der Waals surface area (Å²) in [5.74, 6) is 1.96. The van der Waals surface area contributed by atoms with Gasteiger partial charge in [0.1, 0.15) is 12.1 Å². The number of rotatable bonds is 5. The predicted molar refractivity (Wildman–Crippen MR) is 125 cm³/mol. The maximum Gasteiger partial charge on any atom is 0.227 e. The molecule has 32 heavy (non-hydrogen) atoms. The van der Waals surface area contributed by atoms with E-state index in [1.807, 2.05) is 30.0 Å². The Balaban J connectivity index is 1.46. The lowest BCUT2D eigenvalue weighted by atomic mass is 10.0. The van der Waals surface area contributed by atoms with E-state index in [9.17, 15) is 4.79 Å². The molecular formula is C22H25ClN8O. The van der Waals surface area contributed by atoms with Gasteiger partial charge in [-0.1, -0.05) is 23.7 Å². The molecule has 1 atom stereocenters. The molecule has 1 aromatic carbocycles. The second kappa shape index (κ2) is 8.38. The number of nitrogens with zero attached hydrogens (tertiary/aromatic N) is 6. The van der Waals surface area contributed by atoms with Gasteiger partial charge >= 0.3 is 0 Å². The number of pyridine rings is 1. The number of benzene rings is 1. The lowest BCUT2D eigenvalue weighted by Gasteiger charge is -2.37. The van der Waals surface area contributed by atoms with Crippen molar-refractivity contribution in [3.8, 4) is 0 Å². The van der Waals surface area contributed by atoms with Gasteiger partial charge in [-0.25, -0.2) is 15.0 Å². The zero-order valence-corrected chi connectivity index (χ0v) is 18.6. The first kappa shape index (κ1) is 20.7. The van der Waals surface area contributed by atoms with E-state index in [0.29, 0.717) is 30.0 Å². The van der Waals surface area contributed by atoms with Crippen molar-refractivity contribution in [1.82, 2.24) is 24.8 Å². The average molecular weight is 453 g/mol. The standard InChI is InChI=1S/C22H25ClN8O/c1-13(27-22-26-12-25-21(24)29-22)16-11-15-3-2-4-17(23)18(15)28-19(16)30-7-9-31(10-8-30)20(32)14-5-6-14/h2-4,11-14H,5-10H2,1H3,(H3,24,25,26,27,29). The first-order valence-electron chi connectivity index (χ1n) is 10.8. The quantitative estimate of drug-likeness (QED) is 0.607. The van der Waals surface area contributed by atoms with Gasteiger partial charge in [-0.3, -0.25) is 4.79 Å². The summed E-state index contributed by atoms with van der Waals surface area (Å²) in [6.07, 6.45) is 3.43. The molecule has 0 spiro atoms. The molecule has 3 N–H and O–H groups in total. The highest BCUT2D eigenvalue weighted by Crippen LogP contribution is 2.34. The minimum atomic E-state index is -0.145. The molecule has 2 aromatic heterocycles. The fourth-order valence-electron chi connectivity index (χ4n) is 4.12. The minimum Gasteiger partial charge on any atom is -0.368 e. The van der Waals surface area contributed by atoms with E-state index in [2.05, 4.69) is 31.2 Å². The Labute approximate surface area is 191 Å². The Hall–Kier alpha value is -3.20. The average Bonchev–Trinajstić information content (AvgIpc) is 3.64. The monoisotopic (exact) mass is 452 g/mol. The fraction of sp³-hybridized carbons (Fsp3) is 0.409. The molecule has 2 aliphatic rings. The second-order valence-electron chi connectivity index (χ2n) is 8.33. The number of hydrogen-bond acceptors (Lipinski definition) is 8. The summed E-state index contributed by atoms with van der Waals surface area (Å²) < 4.78 is 0. The molecule has 166 valence electrons. The molecule has 5 rings (SSSR count). The highest BCUT2D eigenvalue weighted by Gasteiger charge is 2.35. The molecule has 1 aliphatic heterocycles. The van der Waals surface area contributed by atoms with Crippen LogP contribution in [0, 0.1) is 5.92 Å². The maximum atomic E-state index is 12.5. The number of nitrogen functional groups attached to an aromatic ring is 1. The summed E-state index contributed by atoms with van der Waals surface area (Å²) in [6.45, 7) is 4.87. The zero-order valence-electron chi connectivity index (χ0n) is 17.8. The number of fused-ring (bicyclic) bond motifs is 1. The first-order valence-corrected chi connectivity index (χ1v) is 11.2. The summed E-state index contributed by atoms with van der Waals surface area (Å²) in [5.41, 5.74) is 7.47. The lowest BCUT2D eigenvalue weighted by molar-refractivity contribution is -0.132. The van der Waals surface area contributed by atoms with Gasteiger partial charge < -0.3 is 20.9 Å². The third-order valence-corrected chi connectivity index (χ3v) is 6.33. The number of amides is 1. The Morgan fingerprint density at radius 3 is 2.69 bits per heavy atom. The third-order valence-electron chi connectivity index (χ3n) is 6.02. The summed E-state index contributed by atoms with van der Waals surface area (Å²) in [4.78, 5) is 33.8. The Kier molecular flexibility index (Phi) is 5.42. The van der Waals surface area contributed by atoms with Crippen molar-refractivity contribution in [1.29, 1.82) is 0 Å². The van der Waals surface area contributed by atoms with Gasteiger partial charge in [0.05, 0.1) is 16.6 Å². The van der Waals surface area contributed by atoms with E-state index in [-0.39, 0.29) is 17.9 Å². The van der Waals surface area contributed by atoms with Crippen LogP contribution >= 0.6 is 11.6 Å². The third kappa shape index (κ3) is 4.12. The SMILES string of the molecule is CC(Nc1ncnc(N)n1)c1cc2cccc(Cl)c2nc1N1CCN(C(=O)C2CC2)CC1. The van der Waals surface area contributed by atoms with E-state index in [1.54, 1.807) is 0 Å². The highest BCUT2D eigenvalue weighted by atomic mass is 35.5. The predicted octanol–water partition coefficient (Wildman–Crippen LogP) is 2.89. The Morgan fingerprint density at radius 2 is 1.97 bits per heavy atom. The van der Waals surface area contributed by atoms with E-state index >= 15 is 0 Å². The molecule has 2 fully saturated rings. The number of halogens is 1. The molecular weight excluding hydrogens is 428 g/mol. The van der Waals surface area contributed by atoms with Crippen LogP contribution in [0.25, 0.3) is 10.9 Å². The molecule has 1 amide bonds. The van der Waals surface area contributed by atoms with Gasteiger partial charge in [0.15, 0.2) is 0 Å². The van der Waals surface area contributed by atoms with E-state index in [4.69, 9.17) is 22.3 Å². The lowest BCUT2D eigenvalue weighted by Crippen LogP contribution is -2.49. The van der Waals surface area contributed by atoms with E-state index in [1.165, 1.54) is 6.33 Å². The number of nitrogens with two attached hydrogens (primary N) is 1. The number of piperazine rings is 1. The summed E-state index contributed by atoms with van der Waals surface area (Å²) >= 11 is 6.46. The summed E-state index contributed by atoms with van der Waals surface area (Å²) in [7, 11) is 0. The van der Waals surface area contributed by atoms with Crippen molar-refractivity contribution in [3.05, 3.63) is 41.2 Å². The Morgan fingerprint density at radius 1 is 1.19 bits per heavy atom. The minimum absolute atomic E-state index is 0.145. The first-order chi connectivity index (χ1) is 15.5. The van der Waals surface area contributed by atoms with Gasteiger partial charge in [0.25, 0.3) is 0 Å². The van der Waals surface area contributed by atoms with Crippen LogP contribution in [0.4, 0.5) is 17.7 Å². The maximum absolute atomic E-state index is 12.5. The molecule has 3 aromatic rings. The number of carbonyl (C=O) groups is 1. The number of para-hydroxylation sites is 1. The molecule has 1 saturated heterocycles. The molecule has 10 heteroatoms. The molecule has 0 bridgehead atoms. The van der Waals surface area contributed by atoms with Crippen molar-refractivity contribution in [2.75, 3.05) is 42.1 Å². The van der Waals surface area contributed by atoms with E-state index < -0.39 is 0 Å². The molecule has 1 saturated carbocycles. The Bertz CT molecular complexity index is 1160. The van der Waals surface area contributed by atoms with Crippen LogP contribution in [-0.4, -0.2) is 56.9 Å². The number of hydrogen-bond donors (Lipinski definition) is 2. The molecule has 1 unspecified atom stereocenters. The van der Waals surface area contributed by atoms with Crippen LogP contribution < -0.4 is 16.0 Å². The molecule has 9 nitrogen and oxygen atoms in total. The van der Waals surface area contributed by atoms with Crippen molar-refractivity contribution >= 4 is 46.1 Å². The van der Waals surface area contributed by atoms with Crippen LogP contribution in [0.3, 0.4) is 0 Å². The van der Waals surface area contributed by atoms with Crippen LogP contribution in [-0.2, 0) is 4.79 Å². The number of anilines is 3. The number of aromatic nitrogens is 4. The van der Waals surface area contributed by atoms with Crippen molar-refractivity contribution in [2.45, 2.75) is 25.8 Å². The fourth-order valence-corrected chi connectivity index (χ4v) is 4.34. The van der Waals surface area contributed by atoms with Gasteiger partial charge in [-0.05, 0) is 31.9 Å². The topological polar surface area (TPSA) is 113 Å². The largest absolute Gasteiger partial charge is 0.368 e. The zero-order chi connectivity index (χ0) is 22.2. The summed E-state index contributed by atoms with van der Waals surface area (Å²) in [5, 5.41) is 4.88. The van der Waals surface area contributed by atoms with Gasteiger partial charge in [0, 0.05) is 43.0 Å². The van der Waals surface area contributed by atoms with Gasteiger partial charge in [-0.2, -0.15) is 4.98 Å². The van der Waals surface area contributed by atoms with Crippen molar-refractivity contribution in [2.24, 2.45) is 5.92 Å². The van der Waals surface area contributed by atoms with Crippen LogP contribution in [0.15, 0.2) is 30.6 Å². The number of nitrogens with one attached hydrogen (secondary N) is 1. The smallest absolute Gasteiger partial charge is 0.227 e. The van der Waals surface area contributed by atoms with Crippen molar-refractivity contribution < 1.29 is 4.79 Å². The van der Waals surface area contributed by atoms with Crippen LogP contribution in [0.5, 0.6) is 0 Å². The van der Waals surface area contributed by atoms with E-state index in [0.717, 1.165) is 48.2 Å². The molecule has 1 aliphatic carbocycles. The van der Waals surface area contributed by atoms with Gasteiger partial charge in [0.2, 0.25) is 17.8 Å². The van der Waals surface area contributed by atoms with Crippen LogP contribution in [0.1, 0.15) is 31.4 Å². The van der Waals surface area contributed by atoms with Crippen LogP contribution in [0.2, 0.25) is 5.02 Å². The molecule has 0 radical (unpaired) electrons. The van der Waals surface area contributed by atoms with Gasteiger partial charge in [-0.15, -0.1) is 0 Å². The second-order valence-corrected chi connectivity index (χ2v) is 8.74. The molecule has 3 heterocycles. The normalized spacial score (nSPS) is 17.4. The summed E-state index contributed by atoms with van der Waals surface area (Å²) in [6, 6.07) is 7.73. The number of carbonyl (C=O) groups excluding carboxylic acids is 1. The van der Waals surface area contributed by atoms with Crippen molar-refractivity contribution in [3.63, 3.8) is 0 Å². The highest BCUT2D eigenvalue weighted by molar-refractivity contribution is 6.35.